The van der Waals surface area contributed by atoms with E-state index in [1.54, 1.807) is 68.4 Å². The first-order valence-corrected chi connectivity index (χ1v) is 29.3. The molecule has 23 nitrogen and oxygen atoms in total. The van der Waals surface area contributed by atoms with E-state index in [-0.39, 0.29) is 55.9 Å². The summed E-state index contributed by atoms with van der Waals surface area (Å²) in [7, 11) is -3.17. The molecular formula is C53H68N10O13S3. The van der Waals surface area contributed by atoms with Crippen LogP contribution in [0.5, 0.6) is 5.75 Å². The number of rotatable bonds is 20. The molecule has 14 N–H and O–H groups in total. The van der Waals surface area contributed by atoms with Gasteiger partial charge in [-0.05, 0) is 71.7 Å². The quantitative estimate of drug-likeness (QED) is 0.0440. The lowest BCUT2D eigenvalue weighted by Crippen LogP contribution is -2.62. The standard InChI is InChI=1S/C53H68N10O13S3/c1-32(2)46(53(73)74)60-51(71)44-31-78-77-30-43(58-47(67)39(55)24-25-45(65)66)50(70)57-42(27-33-11-5-3-6-12-33)52(72)61-63(29-35-16-20-37(21-17-35)36-13-7-4-8-14-36)79(75,76)62-40(15-9-10-26-54)48(68)56-41(49(69)59-44)28-34-18-22-38(64)23-19-34/h3-8,11-14,16-23,32,39-44,46,62,64H,9-10,15,24-31,54-55H2,1-2H3,(H,56,68)(H,57,70)(H,58,67)(H,59,69)(H,60,71)(H,61,72)(H,65,66)(H,73,74)/t39-,40-,41?,42?,43-,44?,46-/m0/s1. The van der Waals surface area contributed by atoms with E-state index >= 15 is 0 Å². The van der Waals surface area contributed by atoms with Crippen molar-refractivity contribution in [2.75, 3.05) is 18.1 Å². The van der Waals surface area contributed by atoms with Crippen LogP contribution in [0, 0.1) is 5.92 Å². The average Bonchev–Trinajstić information content (AvgIpc) is 3.42. The van der Waals surface area contributed by atoms with Gasteiger partial charge in [0, 0.05) is 30.8 Å². The maximum Gasteiger partial charge on any atom is 0.326 e. The Labute approximate surface area is 466 Å². The fourth-order valence-corrected chi connectivity index (χ4v) is 11.5. The fourth-order valence-electron chi connectivity index (χ4n) is 7.97. The van der Waals surface area contributed by atoms with Crippen LogP contribution in [0.15, 0.2) is 109 Å². The number of phenolic OH excluding ortho intramolecular Hbond substituents is 1. The predicted molar refractivity (Wildman–Crippen MR) is 298 cm³/mol. The first kappa shape index (κ1) is 62.8. The molecule has 1 saturated heterocycles. The Hall–Kier alpha value is -7.07. The lowest BCUT2D eigenvalue weighted by molar-refractivity contribution is -0.143. The van der Waals surface area contributed by atoms with Gasteiger partial charge < -0.3 is 53.4 Å². The number of hydrazine groups is 1. The molecule has 1 fully saturated rings. The van der Waals surface area contributed by atoms with Crippen LogP contribution in [0.1, 0.15) is 62.6 Å². The van der Waals surface area contributed by atoms with E-state index in [0.29, 0.717) is 27.5 Å². The Balaban J connectivity index is 1.64. The van der Waals surface area contributed by atoms with Gasteiger partial charge >= 0.3 is 11.9 Å². The summed E-state index contributed by atoms with van der Waals surface area (Å²) in [5.41, 5.74) is 17.3. The molecule has 26 heteroatoms. The zero-order valence-corrected chi connectivity index (χ0v) is 46.0. The number of aromatic hydroxyl groups is 1. The van der Waals surface area contributed by atoms with Crippen LogP contribution in [-0.4, -0.2) is 136 Å². The molecule has 1 aliphatic rings. The molecule has 0 bridgehead atoms. The van der Waals surface area contributed by atoms with Gasteiger partial charge in [-0.25, -0.2) is 4.79 Å². The highest BCUT2D eigenvalue weighted by Crippen LogP contribution is 2.25. The molecule has 79 heavy (non-hydrogen) atoms. The number of nitrogens with two attached hydrogens (primary N) is 2. The largest absolute Gasteiger partial charge is 0.508 e. The Morgan fingerprint density at radius 3 is 1.87 bits per heavy atom. The zero-order chi connectivity index (χ0) is 57.6. The number of nitrogens with zero attached hydrogens (tertiary/aromatic N) is 1. The van der Waals surface area contributed by atoms with Crippen LogP contribution in [0.2, 0.25) is 0 Å². The van der Waals surface area contributed by atoms with Gasteiger partial charge in [-0.15, -0.1) is 0 Å². The van der Waals surface area contributed by atoms with E-state index in [0.717, 1.165) is 32.7 Å². The van der Waals surface area contributed by atoms with Crippen LogP contribution in [-0.2, 0) is 68.0 Å². The van der Waals surface area contributed by atoms with E-state index < -0.39 is 119 Å². The van der Waals surface area contributed by atoms with Crippen molar-refractivity contribution in [1.82, 2.24) is 41.1 Å². The number of hydrogen-bond acceptors (Lipinski definition) is 15. The number of unbranched alkanes of at least 4 members (excludes halogenated alkanes) is 1. The van der Waals surface area contributed by atoms with Gasteiger partial charge in [0.1, 0.15) is 42.0 Å². The van der Waals surface area contributed by atoms with Crippen LogP contribution in [0.4, 0.5) is 0 Å². The first-order chi connectivity index (χ1) is 37.6. The smallest absolute Gasteiger partial charge is 0.326 e. The summed E-state index contributed by atoms with van der Waals surface area (Å²) in [6.07, 6.45) is -0.913. The van der Waals surface area contributed by atoms with E-state index in [1.807, 2.05) is 30.3 Å². The Kier molecular flexibility index (Phi) is 24.6. The van der Waals surface area contributed by atoms with Crippen LogP contribution >= 0.6 is 21.6 Å². The number of carbonyl (C=O) groups is 8. The zero-order valence-electron chi connectivity index (χ0n) is 43.5. The Bertz CT molecular complexity index is 2820. The SMILES string of the molecule is CC(C)[C@H](NC(=O)C1CSSC[C@H](NC(=O)[C@@H](N)CCC(=O)O)C(=O)NC(Cc2ccccc2)C(=O)NN(Cc2ccc(-c3ccccc3)cc2)S(=O)(=O)N[C@@H](CCCCN)C(=O)NC(Cc2ccc(O)cc2)C(=O)N1)C(=O)O. The van der Waals surface area contributed by atoms with Crippen molar-refractivity contribution < 1.29 is 62.1 Å². The molecule has 1 heterocycles. The number of nitrogens with one attached hydrogen (secondary N) is 7. The second-order valence-electron chi connectivity index (χ2n) is 19.0. The highest BCUT2D eigenvalue weighted by atomic mass is 33.1. The van der Waals surface area contributed by atoms with Crippen molar-refractivity contribution in [3.8, 4) is 16.9 Å². The van der Waals surface area contributed by atoms with Crippen molar-refractivity contribution in [3.63, 3.8) is 0 Å². The molecule has 6 amide bonds. The summed E-state index contributed by atoms with van der Waals surface area (Å²) in [4.78, 5) is 110. The van der Waals surface area contributed by atoms with Gasteiger partial charge in [0.25, 0.3) is 16.1 Å². The minimum Gasteiger partial charge on any atom is -0.508 e. The molecule has 7 atom stereocenters. The molecule has 5 rings (SSSR count). The van der Waals surface area contributed by atoms with Crippen molar-refractivity contribution in [2.24, 2.45) is 17.4 Å². The number of amides is 6. The maximum absolute atomic E-state index is 15.0. The van der Waals surface area contributed by atoms with Crippen LogP contribution in [0.3, 0.4) is 0 Å². The summed E-state index contributed by atoms with van der Waals surface area (Å²) < 4.78 is 32.9. The second kappa shape index (κ2) is 30.9. The van der Waals surface area contributed by atoms with Crippen molar-refractivity contribution in [3.05, 3.63) is 126 Å². The fraction of sp³-hybridized carbons (Fsp3) is 0.396. The Morgan fingerprint density at radius 2 is 1.27 bits per heavy atom. The summed E-state index contributed by atoms with van der Waals surface area (Å²) in [5.74, 6) is -9.77. The molecule has 0 aliphatic carbocycles. The van der Waals surface area contributed by atoms with Gasteiger partial charge in [-0.2, -0.15) is 13.1 Å². The predicted octanol–water partition coefficient (Wildman–Crippen LogP) is 1.46. The third-order valence-electron chi connectivity index (χ3n) is 12.4. The van der Waals surface area contributed by atoms with Crippen molar-refractivity contribution in [1.29, 1.82) is 0 Å². The molecule has 3 unspecified atom stereocenters. The van der Waals surface area contributed by atoms with Gasteiger partial charge in [0.05, 0.1) is 12.6 Å². The number of carboxylic acids is 2. The van der Waals surface area contributed by atoms with Crippen molar-refractivity contribution in [2.45, 2.75) is 108 Å². The normalized spacial score (nSPS) is 20.7. The average molecular weight is 1150 g/mol. The van der Waals surface area contributed by atoms with E-state index in [2.05, 4.69) is 36.7 Å². The maximum atomic E-state index is 15.0. The summed E-state index contributed by atoms with van der Waals surface area (Å²) in [6.45, 7) is 2.75. The number of aliphatic carboxylic acids is 2. The Morgan fingerprint density at radius 1 is 0.709 bits per heavy atom. The molecule has 4 aromatic carbocycles. The molecular weight excluding hydrogens is 1080 g/mol. The minimum atomic E-state index is -5.02. The van der Waals surface area contributed by atoms with E-state index in [4.69, 9.17) is 11.5 Å². The molecule has 0 aromatic heterocycles. The van der Waals surface area contributed by atoms with Crippen LogP contribution in [0.25, 0.3) is 11.1 Å². The summed E-state index contributed by atoms with van der Waals surface area (Å²) in [5, 5.41) is 42.2. The third-order valence-corrected chi connectivity index (χ3v) is 16.3. The molecule has 0 saturated carbocycles. The van der Waals surface area contributed by atoms with Crippen LogP contribution < -0.4 is 48.2 Å². The number of hydrogen-bond donors (Lipinski definition) is 12. The number of carboxylic acid groups (broad SMARTS) is 2. The molecule has 426 valence electrons. The first-order valence-electron chi connectivity index (χ1n) is 25.4. The summed E-state index contributed by atoms with van der Waals surface area (Å²) >= 11 is 0. The minimum absolute atomic E-state index is 0.109. The highest BCUT2D eigenvalue weighted by Gasteiger charge is 2.37. The monoisotopic (exact) mass is 1150 g/mol. The second-order valence-corrected chi connectivity index (χ2v) is 23.2. The van der Waals surface area contributed by atoms with Gasteiger partial charge in [0.2, 0.25) is 29.5 Å². The summed E-state index contributed by atoms with van der Waals surface area (Å²) in [6, 6.07) is 19.6. The number of benzene rings is 4. The third kappa shape index (κ3) is 20.3. The number of carbonyl (C=O) groups excluding carboxylic acids is 6. The van der Waals surface area contributed by atoms with E-state index in [1.165, 1.54) is 24.3 Å². The highest BCUT2D eigenvalue weighted by molar-refractivity contribution is 8.76. The lowest BCUT2D eigenvalue weighted by atomic mass is 10.0. The van der Waals surface area contributed by atoms with E-state index in [9.17, 15) is 62.1 Å². The molecule has 0 spiro atoms. The van der Waals surface area contributed by atoms with Crippen molar-refractivity contribution >= 4 is 79.2 Å². The topological polar surface area (TPSA) is 371 Å². The van der Waals surface area contributed by atoms with Gasteiger partial charge in [-0.3, -0.25) is 39.0 Å². The molecule has 4 aromatic rings. The lowest BCUT2D eigenvalue weighted by Gasteiger charge is -2.30. The molecule has 1 aliphatic heterocycles. The van der Waals surface area contributed by atoms with Gasteiger partial charge in [0.15, 0.2) is 0 Å². The molecule has 0 radical (unpaired) electrons. The number of phenols is 1. The van der Waals surface area contributed by atoms with Gasteiger partial charge in [-0.1, -0.05) is 143 Å².